The lowest BCUT2D eigenvalue weighted by atomic mass is 9.74. The predicted octanol–water partition coefficient (Wildman–Crippen LogP) is 3.54. The van der Waals surface area contributed by atoms with Gasteiger partial charge in [-0.1, -0.05) is 0 Å². The van der Waals surface area contributed by atoms with E-state index in [2.05, 4.69) is 22.9 Å². The van der Waals surface area contributed by atoms with Crippen molar-refractivity contribution < 1.29 is 23.7 Å². The number of carbonyl (C=O) groups excluding carboxylic acids is 1. The number of piperidine rings is 1. The maximum absolute atomic E-state index is 11.6. The number of methoxy groups -OCH3 is 2. The van der Waals surface area contributed by atoms with Crippen molar-refractivity contribution in [3.8, 4) is 11.5 Å². The van der Waals surface area contributed by atoms with Gasteiger partial charge in [-0.3, -0.25) is 9.69 Å². The molecule has 5 rings (SSSR count). The molecule has 3 unspecified atom stereocenters. The Kier molecular flexibility index (Phi) is 4.65. The summed E-state index contributed by atoms with van der Waals surface area (Å²) >= 11 is 0. The highest BCUT2D eigenvalue weighted by Crippen LogP contribution is 2.48. The summed E-state index contributed by atoms with van der Waals surface area (Å²) in [5.41, 5.74) is 3.67. The number of H-pyrrole nitrogens is 1. The molecule has 1 fully saturated rings. The number of rotatable bonds is 3. The molecule has 1 N–H and O–H groups in total. The molecule has 0 spiro atoms. The molecule has 0 amide bonds. The highest BCUT2D eigenvalue weighted by molar-refractivity contribution is 5.88. The molecular weight excluding hydrogens is 384 g/mol. The summed E-state index contributed by atoms with van der Waals surface area (Å²) in [6.45, 7) is 5.48. The second kappa shape index (κ2) is 7.23. The lowest BCUT2D eigenvalue weighted by Gasteiger charge is -2.49. The Morgan fingerprint density at radius 3 is 2.73 bits per heavy atom. The summed E-state index contributed by atoms with van der Waals surface area (Å²) in [4.78, 5) is 17.8. The second-order valence-electron chi connectivity index (χ2n) is 8.49. The third kappa shape index (κ3) is 2.95. The van der Waals surface area contributed by atoms with Crippen LogP contribution in [0.5, 0.6) is 11.5 Å². The molecule has 30 heavy (non-hydrogen) atoms. The van der Waals surface area contributed by atoms with Crippen molar-refractivity contribution in [3.05, 3.63) is 35.4 Å². The fourth-order valence-corrected chi connectivity index (χ4v) is 5.48. The van der Waals surface area contributed by atoms with Crippen LogP contribution in [0.2, 0.25) is 0 Å². The van der Waals surface area contributed by atoms with Crippen LogP contribution in [-0.2, 0) is 20.7 Å². The maximum Gasteiger partial charge on any atom is 0.307 e. The van der Waals surface area contributed by atoms with Crippen LogP contribution < -0.4 is 9.47 Å². The van der Waals surface area contributed by atoms with E-state index in [1.54, 1.807) is 20.5 Å². The first-order valence-electron chi connectivity index (χ1n) is 10.5. The Morgan fingerprint density at radius 2 is 2.00 bits per heavy atom. The second-order valence-corrected chi connectivity index (χ2v) is 8.49. The van der Waals surface area contributed by atoms with Gasteiger partial charge in [-0.25, -0.2) is 0 Å². The summed E-state index contributed by atoms with van der Waals surface area (Å²) in [6.07, 6.45) is 3.63. The molecule has 7 nitrogen and oxygen atoms in total. The predicted molar refractivity (Wildman–Crippen MR) is 111 cm³/mol. The van der Waals surface area contributed by atoms with Crippen LogP contribution in [0, 0.1) is 11.8 Å². The first-order valence-corrected chi connectivity index (χ1v) is 10.5. The first-order chi connectivity index (χ1) is 14.5. The number of allylic oxidation sites excluding steroid dienone is 1. The number of carbonyl (C=O) groups is 1. The number of benzene rings is 1. The highest BCUT2D eigenvalue weighted by atomic mass is 16.6. The molecule has 1 aromatic heterocycles. The van der Waals surface area contributed by atoms with Gasteiger partial charge in [-0.05, 0) is 31.4 Å². The molecule has 0 radical (unpaired) electrons. The van der Waals surface area contributed by atoms with Crippen molar-refractivity contribution in [2.75, 3.05) is 27.3 Å². The van der Waals surface area contributed by atoms with E-state index >= 15 is 0 Å². The van der Waals surface area contributed by atoms with Gasteiger partial charge in [0.15, 0.2) is 11.5 Å². The van der Waals surface area contributed by atoms with Gasteiger partial charge >= 0.3 is 5.97 Å². The molecule has 3 aliphatic heterocycles. The fraction of sp³-hybridized carbons (Fsp3) is 0.522. The molecule has 4 heterocycles. The summed E-state index contributed by atoms with van der Waals surface area (Å²) in [5, 5.41) is 1.19. The van der Waals surface area contributed by atoms with Crippen molar-refractivity contribution in [2.45, 2.75) is 38.8 Å². The SMILES string of the molecule is COc1cc2[nH]c3c(c2cc1OC)CCN1CC2C(CC31)C(OC(C)=O)=CO[C@H]2C. The van der Waals surface area contributed by atoms with Crippen LogP contribution in [0.15, 0.2) is 24.2 Å². The molecule has 1 saturated heterocycles. The first kappa shape index (κ1) is 19.3. The zero-order valence-electron chi connectivity index (χ0n) is 17.9. The third-order valence-electron chi connectivity index (χ3n) is 6.93. The maximum atomic E-state index is 11.6. The van der Waals surface area contributed by atoms with Crippen molar-refractivity contribution in [1.82, 2.24) is 9.88 Å². The average Bonchev–Trinajstić information content (AvgIpc) is 3.11. The van der Waals surface area contributed by atoms with Gasteiger partial charge in [0.1, 0.15) is 12.0 Å². The third-order valence-corrected chi connectivity index (χ3v) is 6.93. The number of hydrogen-bond donors (Lipinski definition) is 1. The van der Waals surface area contributed by atoms with Crippen molar-refractivity contribution in [3.63, 3.8) is 0 Å². The van der Waals surface area contributed by atoms with E-state index in [0.717, 1.165) is 42.9 Å². The zero-order chi connectivity index (χ0) is 21.0. The molecular formula is C23H28N2O5. The zero-order valence-corrected chi connectivity index (χ0v) is 17.9. The highest BCUT2D eigenvalue weighted by Gasteiger charge is 2.46. The number of ether oxygens (including phenoxy) is 4. The molecule has 3 aliphatic rings. The minimum atomic E-state index is -0.297. The van der Waals surface area contributed by atoms with Crippen molar-refractivity contribution in [2.24, 2.45) is 11.8 Å². The van der Waals surface area contributed by atoms with Gasteiger partial charge in [0.05, 0.1) is 26.4 Å². The van der Waals surface area contributed by atoms with Crippen LogP contribution in [0.3, 0.4) is 0 Å². The van der Waals surface area contributed by atoms with E-state index in [1.807, 2.05) is 6.07 Å². The summed E-state index contributed by atoms with van der Waals surface area (Å²) in [5.74, 6) is 2.32. The monoisotopic (exact) mass is 412 g/mol. The smallest absolute Gasteiger partial charge is 0.307 e. The minimum absolute atomic E-state index is 0.105. The number of hydrogen-bond acceptors (Lipinski definition) is 6. The number of aromatic nitrogens is 1. The lowest BCUT2D eigenvalue weighted by Crippen LogP contribution is -2.51. The quantitative estimate of drug-likeness (QED) is 0.778. The van der Waals surface area contributed by atoms with Gasteiger partial charge in [0.2, 0.25) is 0 Å². The number of nitrogens with zero attached hydrogens (tertiary/aromatic N) is 1. The Bertz CT molecular complexity index is 1030. The van der Waals surface area contributed by atoms with Crippen LogP contribution in [0.25, 0.3) is 10.9 Å². The largest absolute Gasteiger partial charge is 0.494 e. The standard InChI is InChI=1S/C23H28N2O5/c1-12-17-10-25-6-5-14-15-8-20(27-3)21(28-4)9-18(15)24-23(14)19(25)7-16(17)22(11-29-12)30-13(2)26/h8-9,11-12,16-17,19,24H,5-7,10H2,1-4H3/t12-,16?,17?,19?/m0/s1. The van der Waals surface area contributed by atoms with Gasteiger partial charge in [0, 0.05) is 54.5 Å². The molecule has 0 bridgehead atoms. The molecule has 1 aromatic carbocycles. The Morgan fingerprint density at radius 1 is 1.23 bits per heavy atom. The average molecular weight is 412 g/mol. The summed E-state index contributed by atoms with van der Waals surface area (Å²) in [6, 6.07) is 4.35. The van der Waals surface area contributed by atoms with Gasteiger partial charge < -0.3 is 23.9 Å². The number of esters is 1. The molecule has 4 atom stereocenters. The van der Waals surface area contributed by atoms with Crippen LogP contribution >= 0.6 is 0 Å². The number of aromatic amines is 1. The summed E-state index contributed by atoms with van der Waals surface area (Å²) < 4.78 is 22.4. The van der Waals surface area contributed by atoms with E-state index < -0.39 is 0 Å². The number of fused-ring (bicyclic) bond motifs is 6. The van der Waals surface area contributed by atoms with Gasteiger partial charge in [-0.2, -0.15) is 0 Å². The van der Waals surface area contributed by atoms with E-state index in [-0.39, 0.29) is 24.0 Å². The van der Waals surface area contributed by atoms with Gasteiger partial charge in [0.25, 0.3) is 0 Å². The molecule has 2 aromatic rings. The Balaban J connectivity index is 1.54. The van der Waals surface area contributed by atoms with Crippen LogP contribution in [0.1, 0.15) is 37.6 Å². The normalized spacial score (nSPS) is 27.9. The topological polar surface area (TPSA) is 73.0 Å². The molecule has 0 aliphatic carbocycles. The Labute approximate surface area is 175 Å². The Hall–Kier alpha value is -2.67. The van der Waals surface area contributed by atoms with E-state index in [4.69, 9.17) is 18.9 Å². The minimum Gasteiger partial charge on any atom is -0.494 e. The molecule has 7 heteroatoms. The van der Waals surface area contributed by atoms with E-state index in [0.29, 0.717) is 11.7 Å². The van der Waals surface area contributed by atoms with Gasteiger partial charge in [-0.15, -0.1) is 0 Å². The molecule has 0 saturated carbocycles. The fourth-order valence-electron chi connectivity index (χ4n) is 5.48. The van der Waals surface area contributed by atoms with Crippen LogP contribution in [0.4, 0.5) is 0 Å². The van der Waals surface area contributed by atoms with Crippen LogP contribution in [-0.4, -0.2) is 49.3 Å². The van der Waals surface area contributed by atoms with E-state index in [1.165, 1.54) is 23.6 Å². The van der Waals surface area contributed by atoms with Crippen molar-refractivity contribution in [1.29, 1.82) is 0 Å². The van der Waals surface area contributed by atoms with E-state index in [9.17, 15) is 4.79 Å². The number of nitrogens with one attached hydrogen (secondary N) is 1. The van der Waals surface area contributed by atoms with Crippen molar-refractivity contribution >= 4 is 16.9 Å². The summed E-state index contributed by atoms with van der Waals surface area (Å²) in [7, 11) is 3.33. The molecule has 160 valence electrons. The lowest BCUT2D eigenvalue weighted by molar-refractivity contribution is -0.141.